The van der Waals surface area contributed by atoms with Gasteiger partial charge in [0.1, 0.15) is 5.82 Å². The summed E-state index contributed by atoms with van der Waals surface area (Å²) >= 11 is 0. The second kappa shape index (κ2) is 7.96. The lowest BCUT2D eigenvalue weighted by Gasteiger charge is -2.36. The number of aryl methyl sites for hydroxylation is 1. The number of carbonyl (C=O) groups is 2. The van der Waals surface area contributed by atoms with Crippen LogP contribution in [0.5, 0.6) is 0 Å². The number of aromatic nitrogens is 2. The quantitative estimate of drug-likeness (QED) is 0.805. The first-order valence-corrected chi connectivity index (χ1v) is 9.73. The third kappa shape index (κ3) is 3.98. The lowest BCUT2D eigenvalue weighted by Crippen LogP contribution is -2.51. The summed E-state index contributed by atoms with van der Waals surface area (Å²) in [6.45, 7) is 5.90. The van der Waals surface area contributed by atoms with Gasteiger partial charge >= 0.3 is 0 Å². The van der Waals surface area contributed by atoms with E-state index < -0.39 is 0 Å². The summed E-state index contributed by atoms with van der Waals surface area (Å²) in [5, 5.41) is 0. The second-order valence-corrected chi connectivity index (χ2v) is 7.54. The first-order valence-electron chi connectivity index (χ1n) is 9.73. The molecule has 7 heteroatoms. The molecule has 2 saturated heterocycles. The molecule has 1 unspecified atom stereocenters. The molecule has 2 aromatic rings. The maximum absolute atomic E-state index is 12.9. The van der Waals surface area contributed by atoms with Crippen molar-refractivity contribution >= 4 is 17.6 Å². The fraction of sp³-hybridized carbons (Fsp3) is 0.429. The maximum atomic E-state index is 12.9. The van der Waals surface area contributed by atoms with Crippen molar-refractivity contribution < 1.29 is 9.59 Å². The number of hydrogen-bond donors (Lipinski definition) is 0. The Bertz CT molecular complexity index is 832. The van der Waals surface area contributed by atoms with E-state index in [2.05, 4.69) is 27.0 Å². The van der Waals surface area contributed by atoms with Crippen molar-refractivity contribution in [2.45, 2.75) is 19.9 Å². The molecule has 28 heavy (non-hydrogen) atoms. The molecule has 3 heterocycles. The van der Waals surface area contributed by atoms with Crippen LogP contribution in [0.1, 0.15) is 17.5 Å². The first-order chi connectivity index (χ1) is 13.6. The van der Waals surface area contributed by atoms with Crippen LogP contribution in [0.2, 0.25) is 0 Å². The van der Waals surface area contributed by atoms with Crippen LogP contribution in [0.3, 0.4) is 0 Å². The molecule has 0 bridgehead atoms. The topological polar surface area (TPSA) is 69.6 Å². The molecule has 0 spiro atoms. The number of amides is 2. The molecule has 0 saturated carbocycles. The normalized spacial score (nSPS) is 20.0. The zero-order valence-electron chi connectivity index (χ0n) is 16.1. The molecule has 4 rings (SSSR count). The van der Waals surface area contributed by atoms with Crippen molar-refractivity contribution in [2.24, 2.45) is 5.92 Å². The molecular weight excluding hydrogens is 354 g/mol. The van der Waals surface area contributed by atoms with E-state index >= 15 is 0 Å². The third-order valence-electron chi connectivity index (χ3n) is 5.52. The Morgan fingerprint density at radius 3 is 2.54 bits per heavy atom. The molecule has 2 aliphatic rings. The van der Waals surface area contributed by atoms with E-state index in [0.717, 1.165) is 24.5 Å². The molecule has 2 aliphatic heterocycles. The Morgan fingerprint density at radius 1 is 1.11 bits per heavy atom. The Kier molecular flexibility index (Phi) is 5.23. The van der Waals surface area contributed by atoms with Gasteiger partial charge < -0.3 is 14.7 Å². The number of nitrogens with zero attached hydrogens (tertiary/aromatic N) is 5. The zero-order valence-corrected chi connectivity index (χ0v) is 16.1. The lowest BCUT2D eigenvalue weighted by atomic mass is 10.1. The maximum Gasteiger partial charge on any atom is 0.228 e. The third-order valence-corrected chi connectivity index (χ3v) is 5.52. The number of hydrogen-bond acceptors (Lipinski definition) is 5. The van der Waals surface area contributed by atoms with Crippen LogP contribution < -0.4 is 4.90 Å². The van der Waals surface area contributed by atoms with E-state index in [0.29, 0.717) is 32.6 Å². The number of piperazine rings is 1. The number of rotatable bonds is 4. The molecule has 7 nitrogen and oxygen atoms in total. The van der Waals surface area contributed by atoms with Gasteiger partial charge in [0.05, 0.1) is 12.1 Å². The summed E-state index contributed by atoms with van der Waals surface area (Å²) in [4.78, 5) is 39.6. The van der Waals surface area contributed by atoms with Crippen LogP contribution in [0.25, 0.3) is 0 Å². The van der Waals surface area contributed by atoms with Gasteiger partial charge in [-0.2, -0.15) is 0 Å². The van der Waals surface area contributed by atoms with Crippen LogP contribution in [0, 0.1) is 12.8 Å². The summed E-state index contributed by atoms with van der Waals surface area (Å²) in [7, 11) is 0. The van der Waals surface area contributed by atoms with Crippen molar-refractivity contribution in [1.82, 2.24) is 19.8 Å². The highest BCUT2D eigenvalue weighted by molar-refractivity contribution is 5.89. The minimum Gasteiger partial charge on any atom is -0.352 e. The zero-order chi connectivity index (χ0) is 19.5. The molecule has 146 valence electrons. The van der Waals surface area contributed by atoms with E-state index in [1.807, 2.05) is 28.9 Å². The summed E-state index contributed by atoms with van der Waals surface area (Å²) in [5.74, 6) is 0.770. The van der Waals surface area contributed by atoms with E-state index in [1.54, 1.807) is 18.6 Å². The van der Waals surface area contributed by atoms with Gasteiger partial charge in [-0.1, -0.05) is 29.8 Å². The minimum absolute atomic E-state index is 0.0668. The number of anilines is 1. The second-order valence-electron chi connectivity index (χ2n) is 7.54. The van der Waals surface area contributed by atoms with Crippen molar-refractivity contribution in [1.29, 1.82) is 0 Å². The van der Waals surface area contributed by atoms with Gasteiger partial charge in [-0.05, 0) is 12.5 Å². The molecular formula is C21H25N5O2. The molecule has 0 radical (unpaired) electrons. The number of benzene rings is 1. The minimum atomic E-state index is -0.235. The largest absolute Gasteiger partial charge is 0.352 e. The Morgan fingerprint density at radius 2 is 1.86 bits per heavy atom. The SMILES string of the molecule is Cc1ccc(CN2CC(C(=O)N3CCN(c4cnccn4)CC3)CC2=O)cc1. The lowest BCUT2D eigenvalue weighted by molar-refractivity contribution is -0.136. The smallest absolute Gasteiger partial charge is 0.228 e. The van der Waals surface area contributed by atoms with Crippen LogP contribution in [0.15, 0.2) is 42.9 Å². The van der Waals surface area contributed by atoms with Gasteiger partial charge in [0.25, 0.3) is 0 Å². The van der Waals surface area contributed by atoms with Gasteiger partial charge in [0.2, 0.25) is 11.8 Å². The highest BCUT2D eigenvalue weighted by Gasteiger charge is 2.37. The highest BCUT2D eigenvalue weighted by Crippen LogP contribution is 2.23. The van der Waals surface area contributed by atoms with Gasteiger partial charge in [-0.15, -0.1) is 0 Å². The van der Waals surface area contributed by atoms with E-state index in [-0.39, 0.29) is 17.7 Å². The number of likely N-dealkylation sites (tertiary alicyclic amines) is 1. The average molecular weight is 379 g/mol. The molecule has 2 fully saturated rings. The van der Waals surface area contributed by atoms with E-state index in [1.165, 1.54) is 5.56 Å². The van der Waals surface area contributed by atoms with Crippen LogP contribution in [-0.2, 0) is 16.1 Å². The summed E-state index contributed by atoms with van der Waals surface area (Å²) in [5.41, 5.74) is 2.30. The van der Waals surface area contributed by atoms with Gasteiger partial charge in [-0.25, -0.2) is 4.98 Å². The fourth-order valence-electron chi connectivity index (χ4n) is 3.87. The molecule has 0 aliphatic carbocycles. The van der Waals surface area contributed by atoms with Crippen molar-refractivity contribution in [3.8, 4) is 0 Å². The number of carbonyl (C=O) groups excluding carboxylic acids is 2. The average Bonchev–Trinajstić information content (AvgIpc) is 3.10. The summed E-state index contributed by atoms with van der Waals surface area (Å²) < 4.78 is 0. The van der Waals surface area contributed by atoms with Crippen molar-refractivity contribution in [3.63, 3.8) is 0 Å². The molecule has 2 amide bonds. The predicted octanol–water partition coefficient (Wildman–Crippen LogP) is 1.48. The van der Waals surface area contributed by atoms with Gasteiger partial charge in [0.15, 0.2) is 0 Å². The molecule has 1 aromatic heterocycles. The molecule has 1 atom stereocenters. The molecule has 1 aromatic carbocycles. The van der Waals surface area contributed by atoms with Crippen molar-refractivity contribution in [3.05, 3.63) is 54.0 Å². The Labute approximate surface area is 165 Å². The summed E-state index contributed by atoms with van der Waals surface area (Å²) in [6, 6.07) is 8.19. The van der Waals surface area contributed by atoms with E-state index in [9.17, 15) is 9.59 Å². The molecule has 0 N–H and O–H groups in total. The van der Waals surface area contributed by atoms with Gasteiger partial charge in [-0.3, -0.25) is 14.6 Å². The van der Waals surface area contributed by atoms with Crippen LogP contribution >= 0.6 is 0 Å². The van der Waals surface area contributed by atoms with Crippen molar-refractivity contribution in [2.75, 3.05) is 37.6 Å². The summed E-state index contributed by atoms with van der Waals surface area (Å²) in [6.07, 6.45) is 5.40. The van der Waals surface area contributed by atoms with Crippen LogP contribution in [-0.4, -0.2) is 64.3 Å². The van der Waals surface area contributed by atoms with Crippen LogP contribution in [0.4, 0.5) is 5.82 Å². The Balaban J connectivity index is 1.32. The monoisotopic (exact) mass is 379 g/mol. The highest BCUT2D eigenvalue weighted by atomic mass is 16.2. The van der Waals surface area contributed by atoms with E-state index in [4.69, 9.17) is 0 Å². The fourth-order valence-corrected chi connectivity index (χ4v) is 3.87. The standard InChI is InChI=1S/C21H25N5O2/c1-16-2-4-17(5-3-16)14-26-15-18(12-20(26)27)21(28)25-10-8-24(9-11-25)19-13-22-6-7-23-19/h2-7,13,18H,8-12,14-15H2,1H3. The van der Waals surface area contributed by atoms with Gasteiger partial charge in [0, 0.05) is 58.1 Å². The predicted molar refractivity (Wildman–Crippen MR) is 106 cm³/mol. The first kappa shape index (κ1) is 18.4. The Hall–Kier alpha value is -2.96.